The van der Waals surface area contributed by atoms with Crippen molar-refractivity contribution in [3.8, 4) is 0 Å². The topological polar surface area (TPSA) is 38.3 Å². The maximum absolute atomic E-state index is 12.1. The van der Waals surface area contributed by atoms with Crippen LogP contribution < -0.4 is 10.5 Å². The Morgan fingerprint density at radius 2 is 1.55 bits per heavy atom. The molecule has 1 aromatic carbocycles. The van der Waals surface area contributed by atoms with E-state index in [9.17, 15) is 53.1 Å². The normalized spacial score (nSPS) is 12.0. The summed E-state index contributed by atoms with van der Waals surface area (Å²) in [6, 6.07) is 7.24. The third-order valence-electron chi connectivity index (χ3n) is 2.91. The number of rotatable bonds is 4. The zero-order valence-electron chi connectivity index (χ0n) is 16.0. The molecule has 0 unspecified atom stereocenters. The van der Waals surface area contributed by atoms with Crippen LogP contribution in [0.15, 0.2) is 36.5 Å². The second-order valence-corrected chi connectivity index (χ2v) is 10.4. The number of amides is 1. The Kier molecular flexibility index (Phi) is 12.6. The first-order valence-electron chi connectivity index (χ1n) is 7.83. The summed E-state index contributed by atoms with van der Waals surface area (Å²) in [6.07, 6.45) is -16.3. The van der Waals surface area contributed by atoms with Crippen LogP contribution in [0, 0.1) is 0 Å². The fourth-order valence-corrected chi connectivity index (χ4v) is 2.68. The third kappa shape index (κ3) is 19.5. The van der Waals surface area contributed by atoms with Crippen molar-refractivity contribution < 1.29 is 57.8 Å². The summed E-state index contributed by atoms with van der Waals surface area (Å²) in [6.45, 7) is 3.55. The Bertz CT molecular complexity index is 671. The Hall–Kier alpha value is -2.16. The summed E-state index contributed by atoms with van der Waals surface area (Å²) in [5.74, 6) is 0. The van der Waals surface area contributed by atoms with Crippen LogP contribution in [0.1, 0.15) is 0 Å². The number of carbonyl (C=O) groups is 1. The monoisotopic (exact) mass is 493 g/mol. The summed E-state index contributed by atoms with van der Waals surface area (Å²) in [4.78, 5) is 10.3. The molecular formula is C16H18F11NO2Si. The summed E-state index contributed by atoms with van der Waals surface area (Å²) < 4.78 is 122. The first-order valence-corrected chi connectivity index (χ1v) is 10.9. The van der Waals surface area contributed by atoms with E-state index in [1.165, 1.54) is 0 Å². The lowest BCUT2D eigenvalue weighted by molar-refractivity contribution is -0.352. The van der Waals surface area contributed by atoms with Gasteiger partial charge in [0, 0.05) is 5.69 Å². The van der Waals surface area contributed by atoms with Crippen molar-refractivity contribution in [2.24, 2.45) is 0 Å². The predicted molar refractivity (Wildman–Crippen MR) is 94.0 cm³/mol. The van der Waals surface area contributed by atoms with Crippen LogP contribution in [-0.2, 0) is 4.74 Å². The second-order valence-electron chi connectivity index (χ2n) is 6.00. The van der Waals surface area contributed by atoms with E-state index in [1.807, 2.05) is 11.8 Å². The van der Waals surface area contributed by atoms with Gasteiger partial charge in [0.15, 0.2) is 13.3 Å². The molecule has 0 aliphatic carbocycles. The van der Waals surface area contributed by atoms with Gasteiger partial charge in [0.05, 0.1) is 0 Å². The third-order valence-corrected chi connectivity index (χ3v) is 5.73. The van der Waals surface area contributed by atoms with Gasteiger partial charge in [0.1, 0.15) is 8.07 Å². The molecule has 31 heavy (non-hydrogen) atoms. The van der Waals surface area contributed by atoms with E-state index in [4.69, 9.17) is 0 Å². The SMILES string of the molecule is C=C[Si](C)(C)c1cccc(NC(=O)F)c1.FC(F)(F)COC(F)(F)F.FCC(F)(F)F. The van der Waals surface area contributed by atoms with Gasteiger partial charge < -0.3 is 0 Å². The standard InChI is InChI=1S/C11H14FNOSi.C3H2F6O.C2H2F4/c1-4-15(2,3)10-7-5-6-9(8-10)13-11(12)14;4-2(5,6)1-10-3(7,8)9;3-1-2(4,5)6/h4-8H,1H2,2-3H3,(H,13,14);1H2;1H2. The van der Waals surface area contributed by atoms with Crippen LogP contribution in [-0.4, -0.2) is 46.2 Å². The fraction of sp³-hybridized carbons (Fsp3) is 0.438. The molecule has 0 spiro atoms. The van der Waals surface area contributed by atoms with Gasteiger partial charge in [-0.05, 0) is 12.1 Å². The highest BCUT2D eigenvalue weighted by molar-refractivity contribution is 6.93. The maximum Gasteiger partial charge on any atom is 0.522 e. The van der Waals surface area contributed by atoms with Gasteiger partial charge in [-0.25, -0.2) is 9.18 Å². The molecule has 0 aliphatic heterocycles. The molecule has 0 saturated heterocycles. The molecule has 0 heterocycles. The first kappa shape index (κ1) is 31.0. The summed E-state index contributed by atoms with van der Waals surface area (Å²) in [5.41, 5.74) is 2.44. The predicted octanol–water partition coefficient (Wildman–Crippen LogP) is 6.43. The number of hydrogen-bond acceptors (Lipinski definition) is 2. The lowest BCUT2D eigenvalue weighted by Gasteiger charge is -2.18. The van der Waals surface area contributed by atoms with Gasteiger partial charge in [-0.15, -0.1) is 24.1 Å². The van der Waals surface area contributed by atoms with Gasteiger partial charge in [-0.3, -0.25) is 10.1 Å². The first-order chi connectivity index (χ1) is 13.7. The zero-order valence-corrected chi connectivity index (χ0v) is 17.0. The number of halogens is 11. The van der Waals surface area contributed by atoms with E-state index in [-0.39, 0.29) is 0 Å². The van der Waals surface area contributed by atoms with E-state index in [0.717, 1.165) is 5.19 Å². The minimum atomic E-state index is -5.21. The minimum absolute atomic E-state index is 0.488. The van der Waals surface area contributed by atoms with Crippen LogP contribution in [0.3, 0.4) is 0 Å². The van der Waals surface area contributed by atoms with Crippen molar-refractivity contribution in [3.63, 3.8) is 0 Å². The Morgan fingerprint density at radius 3 is 1.84 bits per heavy atom. The summed E-state index contributed by atoms with van der Waals surface area (Å²) in [7, 11) is -1.65. The Labute approximate surface area is 170 Å². The van der Waals surface area contributed by atoms with Crippen LogP contribution in [0.25, 0.3) is 0 Å². The molecule has 0 bridgehead atoms. The minimum Gasteiger partial charge on any atom is -0.298 e. The Morgan fingerprint density at radius 1 is 1.06 bits per heavy atom. The number of ether oxygens (including phenoxy) is 1. The molecule has 1 N–H and O–H groups in total. The number of hydrogen-bond donors (Lipinski definition) is 1. The highest BCUT2D eigenvalue weighted by Gasteiger charge is 2.37. The molecule has 1 aromatic rings. The van der Waals surface area contributed by atoms with Gasteiger partial charge in [-0.1, -0.05) is 36.1 Å². The average molecular weight is 493 g/mol. The van der Waals surface area contributed by atoms with E-state index >= 15 is 0 Å². The van der Waals surface area contributed by atoms with Crippen molar-refractivity contribution in [1.82, 2.24) is 0 Å². The second kappa shape index (κ2) is 12.6. The maximum atomic E-state index is 12.1. The zero-order chi connectivity index (χ0) is 25.1. The summed E-state index contributed by atoms with van der Waals surface area (Å²) >= 11 is 0. The highest BCUT2D eigenvalue weighted by atomic mass is 28.3. The number of anilines is 1. The molecule has 0 saturated carbocycles. The summed E-state index contributed by atoms with van der Waals surface area (Å²) in [5, 5.41) is 3.24. The van der Waals surface area contributed by atoms with Crippen LogP contribution in [0.4, 0.5) is 58.8 Å². The van der Waals surface area contributed by atoms with E-state index in [2.05, 4.69) is 29.7 Å². The molecule has 0 aromatic heterocycles. The Balaban J connectivity index is 0. The van der Waals surface area contributed by atoms with Crippen molar-refractivity contribution in [1.29, 1.82) is 0 Å². The van der Waals surface area contributed by atoms with Crippen LogP contribution >= 0.6 is 0 Å². The van der Waals surface area contributed by atoms with E-state index in [1.54, 1.807) is 18.2 Å². The molecule has 0 radical (unpaired) electrons. The highest BCUT2D eigenvalue weighted by Crippen LogP contribution is 2.22. The van der Waals surface area contributed by atoms with E-state index < -0.39 is 46.2 Å². The molecule has 0 aliphatic rings. The van der Waals surface area contributed by atoms with E-state index in [0.29, 0.717) is 5.69 Å². The number of carbonyl (C=O) groups excluding carboxylic acids is 1. The number of benzene rings is 1. The van der Waals surface area contributed by atoms with Crippen molar-refractivity contribution >= 4 is 25.1 Å². The quantitative estimate of drug-likeness (QED) is 0.227. The molecule has 0 atom stereocenters. The molecular weight excluding hydrogens is 475 g/mol. The van der Waals surface area contributed by atoms with Crippen LogP contribution in [0.2, 0.25) is 13.1 Å². The molecule has 180 valence electrons. The van der Waals surface area contributed by atoms with Crippen LogP contribution in [0.5, 0.6) is 0 Å². The van der Waals surface area contributed by atoms with Crippen molar-refractivity contribution in [3.05, 3.63) is 36.5 Å². The molecule has 15 heteroatoms. The lowest BCUT2D eigenvalue weighted by atomic mass is 10.3. The van der Waals surface area contributed by atoms with Gasteiger partial charge >= 0.3 is 24.9 Å². The van der Waals surface area contributed by atoms with Gasteiger partial charge in [-0.2, -0.15) is 26.3 Å². The van der Waals surface area contributed by atoms with Gasteiger partial charge in [0.25, 0.3) is 0 Å². The average Bonchev–Trinajstić information content (AvgIpc) is 2.59. The number of alkyl halides is 10. The van der Waals surface area contributed by atoms with Gasteiger partial charge in [0.2, 0.25) is 0 Å². The smallest absolute Gasteiger partial charge is 0.298 e. The molecule has 3 nitrogen and oxygen atoms in total. The fourth-order valence-electron chi connectivity index (χ4n) is 1.39. The van der Waals surface area contributed by atoms with Crippen molar-refractivity contribution in [2.75, 3.05) is 18.6 Å². The lowest BCUT2D eigenvalue weighted by Crippen LogP contribution is -2.39. The number of nitrogens with one attached hydrogen (secondary N) is 1. The molecule has 0 fully saturated rings. The molecule has 1 rings (SSSR count). The molecule has 1 amide bonds. The largest absolute Gasteiger partial charge is 0.522 e. The van der Waals surface area contributed by atoms with Crippen molar-refractivity contribution in [2.45, 2.75) is 31.8 Å².